The quantitative estimate of drug-likeness (QED) is 0.724. The van der Waals surface area contributed by atoms with E-state index in [-0.39, 0.29) is 11.7 Å². The van der Waals surface area contributed by atoms with Crippen LogP contribution in [0.5, 0.6) is 0 Å². The highest BCUT2D eigenvalue weighted by Gasteiger charge is 2.27. The van der Waals surface area contributed by atoms with Crippen molar-refractivity contribution in [2.75, 3.05) is 18.0 Å². The SMILES string of the molecule is Fc1ccccc1C1CCN(c2cn3ncccc3n2)C1. The van der Waals surface area contributed by atoms with Gasteiger partial charge in [0.1, 0.15) is 11.6 Å². The summed E-state index contributed by atoms with van der Waals surface area (Å²) in [6.45, 7) is 1.69. The summed E-state index contributed by atoms with van der Waals surface area (Å²) in [6, 6.07) is 10.9. The first-order valence-corrected chi connectivity index (χ1v) is 7.11. The third-order valence-electron chi connectivity index (χ3n) is 4.08. The Morgan fingerprint density at radius 1 is 1.14 bits per heavy atom. The summed E-state index contributed by atoms with van der Waals surface area (Å²) in [5.74, 6) is 1.03. The van der Waals surface area contributed by atoms with Crippen molar-refractivity contribution in [2.24, 2.45) is 0 Å². The molecule has 1 unspecified atom stereocenters. The third kappa shape index (κ3) is 2.14. The molecule has 0 radical (unpaired) electrons. The Morgan fingerprint density at radius 2 is 2.05 bits per heavy atom. The van der Waals surface area contributed by atoms with E-state index in [1.165, 1.54) is 6.07 Å². The van der Waals surface area contributed by atoms with Gasteiger partial charge in [-0.3, -0.25) is 0 Å². The van der Waals surface area contributed by atoms with E-state index in [1.54, 1.807) is 16.8 Å². The average molecular weight is 282 g/mol. The summed E-state index contributed by atoms with van der Waals surface area (Å²) in [7, 11) is 0. The topological polar surface area (TPSA) is 33.4 Å². The number of benzene rings is 1. The summed E-state index contributed by atoms with van der Waals surface area (Å²) in [5, 5.41) is 4.23. The maximum Gasteiger partial charge on any atom is 0.155 e. The molecule has 0 bridgehead atoms. The van der Waals surface area contributed by atoms with Crippen LogP contribution in [0, 0.1) is 5.82 Å². The average Bonchev–Trinajstić information content (AvgIpc) is 3.14. The minimum atomic E-state index is -0.110. The first-order chi connectivity index (χ1) is 10.3. The zero-order valence-electron chi connectivity index (χ0n) is 11.5. The second kappa shape index (κ2) is 4.84. The van der Waals surface area contributed by atoms with E-state index in [2.05, 4.69) is 15.0 Å². The van der Waals surface area contributed by atoms with E-state index in [0.717, 1.165) is 36.5 Å². The minimum Gasteiger partial charge on any atom is -0.355 e. The molecule has 21 heavy (non-hydrogen) atoms. The fourth-order valence-electron chi connectivity index (χ4n) is 3.00. The summed E-state index contributed by atoms with van der Waals surface area (Å²) in [6.07, 6.45) is 4.62. The number of halogens is 1. The number of anilines is 1. The molecule has 1 aromatic carbocycles. The smallest absolute Gasteiger partial charge is 0.155 e. The number of imidazole rings is 1. The Balaban J connectivity index is 1.60. The lowest BCUT2D eigenvalue weighted by Crippen LogP contribution is -2.19. The van der Waals surface area contributed by atoms with E-state index < -0.39 is 0 Å². The molecule has 2 aromatic heterocycles. The van der Waals surface area contributed by atoms with E-state index in [4.69, 9.17) is 0 Å². The van der Waals surface area contributed by atoms with Gasteiger partial charge in [0.05, 0.1) is 6.20 Å². The maximum atomic E-state index is 13.9. The molecule has 0 saturated carbocycles. The molecule has 4 rings (SSSR count). The number of hydrogen-bond donors (Lipinski definition) is 0. The molecular formula is C16H15FN4. The van der Waals surface area contributed by atoms with Gasteiger partial charge in [0.15, 0.2) is 5.65 Å². The van der Waals surface area contributed by atoms with Crippen molar-refractivity contribution in [1.82, 2.24) is 14.6 Å². The Hall–Kier alpha value is -2.43. The fourth-order valence-corrected chi connectivity index (χ4v) is 3.00. The molecule has 0 amide bonds. The van der Waals surface area contributed by atoms with Gasteiger partial charge in [-0.2, -0.15) is 5.10 Å². The van der Waals surface area contributed by atoms with Crippen LogP contribution in [-0.2, 0) is 0 Å². The van der Waals surface area contributed by atoms with Crippen molar-refractivity contribution in [3.63, 3.8) is 0 Å². The Kier molecular flexibility index (Phi) is 2.84. The first kappa shape index (κ1) is 12.3. The van der Waals surface area contributed by atoms with Crippen LogP contribution in [-0.4, -0.2) is 27.7 Å². The Morgan fingerprint density at radius 3 is 2.90 bits per heavy atom. The number of fused-ring (bicyclic) bond motifs is 1. The molecule has 106 valence electrons. The molecule has 1 saturated heterocycles. The molecule has 1 aliphatic heterocycles. The lowest BCUT2D eigenvalue weighted by molar-refractivity contribution is 0.589. The standard InChI is InChI=1S/C16H15FN4/c17-14-5-2-1-4-13(14)12-7-9-20(10-12)16-11-21-15(19-16)6-3-8-18-21/h1-6,8,11-12H,7,9-10H2. The molecule has 3 aromatic rings. The highest BCUT2D eigenvalue weighted by molar-refractivity contribution is 5.50. The van der Waals surface area contributed by atoms with E-state index in [1.807, 2.05) is 30.5 Å². The van der Waals surface area contributed by atoms with Gasteiger partial charge < -0.3 is 4.90 Å². The lowest BCUT2D eigenvalue weighted by atomic mass is 9.98. The van der Waals surface area contributed by atoms with Crippen molar-refractivity contribution in [3.8, 4) is 0 Å². The van der Waals surface area contributed by atoms with Gasteiger partial charge in [-0.1, -0.05) is 18.2 Å². The van der Waals surface area contributed by atoms with Crippen molar-refractivity contribution < 1.29 is 4.39 Å². The van der Waals surface area contributed by atoms with Gasteiger partial charge >= 0.3 is 0 Å². The minimum absolute atomic E-state index is 0.110. The maximum absolute atomic E-state index is 13.9. The number of aromatic nitrogens is 3. The lowest BCUT2D eigenvalue weighted by Gasteiger charge is -2.15. The molecular weight excluding hydrogens is 267 g/mol. The van der Waals surface area contributed by atoms with Crippen LogP contribution in [0.3, 0.4) is 0 Å². The van der Waals surface area contributed by atoms with Crippen LogP contribution < -0.4 is 4.90 Å². The predicted octanol–water partition coefficient (Wildman–Crippen LogP) is 2.86. The van der Waals surface area contributed by atoms with E-state index in [0.29, 0.717) is 0 Å². The van der Waals surface area contributed by atoms with Crippen LogP contribution >= 0.6 is 0 Å². The second-order valence-electron chi connectivity index (χ2n) is 5.38. The second-order valence-corrected chi connectivity index (χ2v) is 5.38. The molecule has 1 fully saturated rings. The van der Waals surface area contributed by atoms with Crippen molar-refractivity contribution in [3.05, 3.63) is 60.2 Å². The van der Waals surface area contributed by atoms with E-state index in [9.17, 15) is 4.39 Å². The van der Waals surface area contributed by atoms with Crippen LogP contribution in [0.25, 0.3) is 5.65 Å². The predicted molar refractivity (Wildman–Crippen MR) is 79.0 cm³/mol. The van der Waals surface area contributed by atoms with Crippen LogP contribution in [0.4, 0.5) is 10.2 Å². The van der Waals surface area contributed by atoms with Crippen molar-refractivity contribution in [1.29, 1.82) is 0 Å². The van der Waals surface area contributed by atoms with E-state index >= 15 is 0 Å². The third-order valence-corrected chi connectivity index (χ3v) is 4.08. The first-order valence-electron chi connectivity index (χ1n) is 7.11. The summed E-state index contributed by atoms with van der Waals surface area (Å²) < 4.78 is 15.7. The molecule has 0 N–H and O–H groups in total. The summed E-state index contributed by atoms with van der Waals surface area (Å²) in [5.41, 5.74) is 1.64. The highest BCUT2D eigenvalue weighted by atomic mass is 19.1. The molecule has 1 aliphatic rings. The Labute approximate surface area is 121 Å². The van der Waals surface area contributed by atoms with Gasteiger partial charge in [0.25, 0.3) is 0 Å². The number of nitrogens with zero attached hydrogens (tertiary/aromatic N) is 4. The van der Waals surface area contributed by atoms with Crippen LogP contribution in [0.1, 0.15) is 17.9 Å². The van der Waals surface area contributed by atoms with Gasteiger partial charge in [-0.25, -0.2) is 13.9 Å². The highest BCUT2D eigenvalue weighted by Crippen LogP contribution is 2.31. The molecule has 4 nitrogen and oxygen atoms in total. The fraction of sp³-hybridized carbons (Fsp3) is 0.250. The summed E-state index contributed by atoms with van der Waals surface area (Å²) >= 11 is 0. The monoisotopic (exact) mass is 282 g/mol. The molecule has 1 atom stereocenters. The van der Waals surface area contributed by atoms with Crippen molar-refractivity contribution >= 4 is 11.5 Å². The largest absolute Gasteiger partial charge is 0.355 e. The molecule has 0 spiro atoms. The number of hydrogen-bond acceptors (Lipinski definition) is 3. The van der Waals surface area contributed by atoms with Gasteiger partial charge in [-0.15, -0.1) is 0 Å². The molecule has 3 heterocycles. The number of rotatable bonds is 2. The van der Waals surface area contributed by atoms with Crippen molar-refractivity contribution in [2.45, 2.75) is 12.3 Å². The Bertz CT molecular complexity index is 750. The molecule has 0 aliphatic carbocycles. The molecule has 5 heteroatoms. The van der Waals surface area contributed by atoms with Gasteiger partial charge in [-0.05, 0) is 30.2 Å². The van der Waals surface area contributed by atoms with Gasteiger partial charge in [0, 0.05) is 25.2 Å². The van der Waals surface area contributed by atoms with Crippen LogP contribution in [0.2, 0.25) is 0 Å². The zero-order chi connectivity index (χ0) is 14.2. The normalized spacial score (nSPS) is 18.5. The zero-order valence-corrected chi connectivity index (χ0v) is 11.5. The van der Waals surface area contributed by atoms with Crippen LogP contribution in [0.15, 0.2) is 48.8 Å². The summed E-state index contributed by atoms with van der Waals surface area (Å²) in [4.78, 5) is 6.78. The van der Waals surface area contributed by atoms with Gasteiger partial charge in [0.2, 0.25) is 0 Å².